The molecule has 0 aliphatic carbocycles. The van der Waals surface area contributed by atoms with Crippen molar-refractivity contribution < 1.29 is 9.52 Å². The summed E-state index contributed by atoms with van der Waals surface area (Å²) in [5, 5.41) is 9.13. The Morgan fingerprint density at radius 1 is 1.47 bits per heavy atom. The fourth-order valence-electron chi connectivity index (χ4n) is 1.93. The van der Waals surface area contributed by atoms with Crippen LogP contribution in [0.1, 0.15) is 0 Å². The third kappa shape index (κ3) is 1.78. The van der Waals surface area contributed by atoms with E-state index in [4.69, 9.17) is 15.3 Å². The van der Waals surface area contributed by atoms with Crippen LogP contribution in [0.3, 0.4) is 0 Å². The maximum absolute atomic E-state index is 11.8. The average Bonchev–Trinajstić information content (AvgIpc) is 2.98. The van der Waals surface area contributed by atoms with Crippen LogP contribution in [-0.4, -0.2) is 31.2 Å². The summed E-state index contributed by atoms with van der Waals surface area (Å²) in [6, 6.07) is 3.43. The number of H-pyrrole nitrogens is 1. The number of rotatable bonds is 3. The molecule has 3 rings (SSSR count). The molecule has 0 fully saturated rings. The van der Waals surface area contributed by atoms with Gasteiger partial charge in [0.25, 0.3) is 5.56 Å². The second-order valence-corrected chi connectivity index (χ2v) is 3.91. The highest BCUT2D eigenvalue weighted by Gasteiger charge is 2.18. The highest BCUT2D eigenvalue weighted by atomic mass is 16.3. The van der Waals surface area contributed by atoms with Crippen molar-refractivity contribution in [3.05, 3.63) is 28.7 Å². The third-order valence-corrected chi connectivity index (χ3v) is 2.69. The molecule has 0 atom stereocenters. The SMILES string of the molecule is Nc1nc2c(nc(-c3ccco3)n2CCO)c(=O)[nH]1. The first kappa shape index (κ1) is 11.5. The van der Waals surface area contributed by atoms with Gasteiger partial charge in [-0.1, -0.05) is 0 Å². The lowest BCUT2D eigenvalue weighted by molar-refractivity contribution is 0.278. The number of imidazole rings is 1. The minimum Gasteiger partial charge on any atom is -0.461 e. The Hall–Kier alpha value is -2.61. The number of hydrogen-bond donors (Lipinski definition) is 3. The van der Waals surface area contributed by atoms with Crippen LogP contribution < -0.4 is 11.3 Å². The number of hydrogen-bond acceptors (Lipinski definition) is 6. The van der Waals surface area contributed by atoms with Gasteiger partial charge in [-0.15, -0.1) is 0 Å². The summed E-state index contributed by atoms with van der Waals surface area (Å²) in [5.74, 6) is 0.921. The van der Waals surface area contributed by atoms with Gasteiger partial charge >= 0.3 is 0 Å². The first-order valence-corrected chi connectivity index (χ1v) is 5.61. The van der Waals surface area contributed by atoms with Gasteiger partial charge in [0.2, 0.25) is 5.95 Å². The summed E-state index contributed by atoms with van der Waals surface area (Å²) in [6.07, 6.45) is 1.50. The minimum atomic E-state index is -0.424. The van der Waals surface area contributed by atoms with E-state index in [-0.39, 0.29) is 24.6 Å². The van der Waals surface area contributed by atoms with E-state index in [1.54, 1.807) is 16.7 Å². The summed E-state index contributed by atoms with van der Waals surface area (Å²) in [7, 11) is 0. The van der Waals surface area contributed by atoms with Crippen LogP contribution >= 0.6 is 0 Å². The molecular formula is C11H11N5O3. The number of fused-ring (bicyclic) bond motifs is 1. The maximum Gasteiger partial charge on any atom is 0.280 e. The number of nitrogen functional groups attached to an aromatic ring is 1. The number of nitrogens with two attached hydrogens (primary N) is 1. The molecule has 0 amide bonds. The van der Waals surface area contributed by atoms with Gasteiger partial charge in [0, 0.05) is 6.54 Å². The van der Waals surface area contributed by atoms with E-state index >= 15 is 0 Å². The second kappa shape index (κ2) is 4.25. The van der Waals surface area contributed by atoms with Crippen molar-refractivity contribution in [1.29, 1.82) is 0 Å². The van der Waals surface area contributed by atoms with Gasteiger partial charge in [-0.2, -0.15) is 4.98 Å². The molecule has 0 saturated heterocycles. The highest BCUT2D eigenvalue weighted by molar-refractivity contribution is 5.76. The average molecular weight is 261 g/mol. The van der Waals surface area contributed by atoms with Crippen LogP contribution in [0, 0.1) is 0 Å². The van der Waals surface area contributed by atoms with Crippen molar-refractivity contribution in [1.82, 2.24) is 19.5 Å². The van der Waals surface area contributed by atoms with Gasteiger partial charge in [0.15, 0.2) is 22.7 Å². The summed E-state index contributed by atoms with van der Waals surface area (Å²) in [6.45, 7) is 0.121. The standard InChI is InChI=1S/C11H11N5O3/c12-11-14-9-7(10(18)15-11)13-8(16(9)3-4-17)6-2-1-5-19-6/h1-2,5,17H,3-4H2,(H3,12,14,15,18). The number of aliphatic hydroxyl groups is 1. The third-order valence-electron chi connectivity index (χ3n) is 2.69. The van der Waals surface area contributed by atoms with E-state index in [1.165, 1.54) is 6.26 Å². The Morgan fingerprint density at radius 3 is 3.00 bits per heavy atom. The van der Waals surface area contributed by atoms with E-state index < -0.39 is 5.56 Å². The highest BCUT2D eigenvalue weighted by Crippen LogP contribution is 2.22. The monoisotopic (exact) mass is 261 g/mol. The van der Waals surface area contributed by atoms with Crippen LogP contribution in [0.15, 0.2) is 27.6 Å². The predicted octanol–water partition coefficient (Wildman–Crippen LogP) is -0.0459. The molecule has 0 aromatic carbocycles. The molecule has 0 spiro atoms. The molecule has 0 radical (unpaired) electrons. The molecule has 3 aromatic rings. The lowest BCUT2D eigenvalue weighted by atomic mass is 10.4. The van der Waals surface area contributed by atoms with E-state index in [2.05, 4.69) is 15.0 Å². The van der Waals surface area contributed by atoms with Gasteiger partial charge in [-0.05, 0) is 12.1 Å². The molecule has 4 N–H and O–H groups in total. The lowest BCUT2D eigenvalue weighted by Gasteiger charge is -2.04. The number of anilines is 1. The molecule has 0 unspecified atom stereocenters. The van der Waals surface area contributed by atoms with Crippen LogP contribution in [0.2, 0.25) is 0 Å². The Kier molecular flexibility index (Phi) is 2.57. The second-order valence-electron chi connectivity index (χ2n) is 3.91. The molecule has 8 heteroatoms. The quantitative estimate of drug-likeness (QED) is 0.607. The summed E-state index contributed by atoms with van der Waals surface area (Å²) >= 11 is 0. The minimum absolute atomic E-state index is 0.00239. The smallest absolute Gasteiger partial charge is 0.280 e. The van der Waals surface area contributed by atoms with Crippen molar-refractivity contribution in [2.45, 2.75) is 6.54 Å². The Bertz CT molecular complexity index is 772. The summed E-state index contributed by atoms with van der Waals surface area (Å²) < 4.78 is 6.87. The van der Waals surface area contributed by atoms with Crippen molar-refractivity contribution in [3.63, 3.8) is 0 Å². The lowest BCUT2D eigenvalue weighted by Crippen LogP contribution is -2.12. The summed E-state index contributed by atoms with van der Waals surface area (Å²) in [4.78, 5) is 22.4. The topological polar surface area (TPSA) is 123 Å². The Morgan fingerprint density at radius 2 is 2.32 bits per heavy atom. The molecule has 0 aliphatic heterocycles. The fourth-order valence-corrected chi connectivity index (χ4v) is 1.93. The van der Waals surface area contributed by atoms with Gasteiger partial charge in [0.1, 0.15) is 0 Å². The van der Waals surface area contributed by atoms with E-state index in [1.807, 2.05) is 0 Å². The number of nitrogens with one attached hydrogen (secondary N) is 1. The zero-order chi connectivity index (χ0) is 13.4. The maximum atomic E-state index is 11.8. The van der Waals surface area contributed by atoms with Crippen LogP contribution in [0.4, 0.5) is 5.95 Å². The van der Waals surface area contributed by atoms with Crippen LogP contribution in [-0.2, 0) is 6.54 Å². The molecule has 98 valence electrons. The molecule has 8 nitrogen and oxygen atoms in total. The number of aliphatic hydroxyl groups excluding tert-OH is 1. The Balaban J connectivity index is 2.36. The Labute approximate surface area is 106 Å². The van der Waals surface area contributed by atoms with Gasteiger partial charge < -0.3 is 19.8 Å². The normalized spacial score (nSPS) is 11.2. The number of aromatic nitrogens is 4. The van der Waals surface area contributed by atoms with E-state index in [9.17, 15) is 4.79 Å². The zero-order valence-corrected chi connectivity index (χ0v) is 9.83. The van der Waals surface area contributed by atoms with Gasteiger partial charge in [-0.25, -0.2) is 4.98 Å². The zero-order valence-electron chi connectivity index (χ0n) is 9.83. The number of aromatic amines is 1. The van der Waals surface area contributed by atoms with Crippen molar-refractivity contribution in [2.75, 3.05) is 12.3 Å². The molecule has 0 saturated carbocycles. The molecule has 19 heavy (non-hydrogen) atoms. The van der Waals surface area contributed by atoms with Crippen molar-refractivity contribution in [2.24, 2.45) is 0 Å². The van der Waals surface area contributed by atoms with Crippen molar-refractivity contribution >= 4 is 17.1 Å². The molecular weight excluding hydrogens is 250 g/mol. The van der Waals surface area contributed by atoms with Crippen LogP contribution in [0.5, 0.6) is 0 Å². The van der Waals surface area contributed by atoms with Gasteiger partial charge in [-0.3, -0.25) is 9.78 Å². The van der Waals surface area contributed by atoms with Crippen molar-refractivity contribution in [3.8, 4) is 11.6 Å². The molecule has 3 aromatic heterocycles. The van der Waals surface area contributed by atoms with Gasteiger partial charge in [0.05, 0.1) is 12.9 Å². The fraction of sp³-hybridized carbons (Fsp3) is 0.182. The predicted molar refractivity (Wildman–Crippen MR) is 67.3 cm³/mol. The largest absolute Gasteiger partial charge is 0.461 e. The van der Waals surface area contributed by atoms with E-state index in [0.717, 1.165) is 0 Å². The van der Waals surface area contributed by atoms with Crippen LogP contribution in [0.25, 0.3) is 22.7 Å². The number of furan rings is 1. The molecule has 3 heterocycles. The summed E-state index contributed by atoms with van der Waals surface area (Å²) in [5.41, 5.74) is 5.58. The number of nitrogens with zero attached hydrogens (tertiary/aromatic N) is 3. The first-order valence-electron chi connectivity index (χ1n) is 5.61. The van der Waals surface area contributed by atoms with E-state index in [0.29, 0.717) is 17.2 Å². The molecule has 0 bridgehead atoms. The molecule has 0 aliphatic rings. The first-order chi connectivity index (χ1) is 9.20.